The summed E-state index contributed by atoms with van der Waals surface area (Å²) >= 11 is 0. The number of piperidine rings is 2. The van der Waals surface area contributed by atoms with E-state index in [1.54, 1.807) is 12.1 Å². The Morgan fingerprint density at radius 3 is 2.20 bits per heavy atom. The highest BCUT2D eigenvalue weighted by Gasteiger charge is 2.45. The Hall–Kier alpha value is -1.62. The van der Waals surface area contributed by atoms with Crippen molar-refractivity contribution in [1.82, 2.24) is 9.80 Å². The SMILES string of the molecule is O=C(N1CCC(CO)CC1)N1C2CCC1CC(c1ccc(F)cc1)C2. The summed E-state index contributed by atoms with van der Waals surface area (Å²) in [6.07, 6.45) is 5.96. The van der Waals surface area contributed by atoms with Gasteiger partial charge in [0.05, 0.1) is 0 Å². The number of likely N-dealkylation sites (tertiary alicyclic amines) is 1. The predicted octanol–water partition coefficient (Wildman–Crippen LogP) is 3.36. The molecule has 2 unspecified atom stereocenters. The molecule has 3 fully saturated rings. The van der Waals surface area contributed by atoms with Crippen LogP contribution in [0.5, 0.6) is 0 Å². The van der Waals surface area contributed by atoms with Gasteiger partial charge in [-0.2, -0.15) is 0 Å². The molecule has 0 saturated carbocycles. The Morgan fingerprint density at radius 2 is 1.64 bits per heavy atom. The third kappa shape index (κ3) is 3.26. The van der Waals surface area contributed by atoms with Gasteiger partial charge >= 0.3 is 6.03 Å². The molecular formula is C20H27FN2O2. The average molecular weight is 346 g/mol. The third-order valence-electron chi connectivity index (χ3n) is 6.44. The fourth-order valence-corrected chi connectivity index (χ4v) is 4.97. The standard InChI is InChI=1S/C20H27FN2O2/c21-17-3-1-15(2-4-17)16-11-18-5-6-19(12-16)23(18)20(25)22-9-7-14(13-24)8-10-22/h1-4,14,16,18-19,24H,5-13H2. The quantitative estimate of drug-likeness (QED) is 0.892. The van der Waals surface area contributed by atoms with Crippen LogP contribution in [-0.2, 0) is 0 Å². The van der Waals surface area contributed by atoms with Crippen LogP contribution in [0.3, 0.4) is 0 Å². The number of amides is 2. The molecule has 0 aliphatic carbocycles. The van der Waals surface area contributed by atoms with Crippen LogP contribution in [0.2, 0.25) is 0 Å². The lowest BCUT2D eigenvalue weighted by Crippen LogP contribution is -2.53. The van der Waals surface area contributed by atoms with Gasteiger partial charge in [-0.15, -0.1) is 0 Å². The second-order valence-corrected chi connectivity index (χ2v) is 7.91. The molecule has 4 nitrogen and oxygen atoms in total. The highest BCUT2D eigenvalue weighted by molar-refractivity contribution is 5.76. The van der Waals surface area contributed by atoms with Gasteiger partial charge in [0, 0.05) is 31.8 Å². The van der Waals surface area contributed by atoms with Crippen LogP contribution in [0.25, 0.3) is 0 Å². The van der Waals surface area contributed by atoms with Crippen molar-refractivity contribution in [2.75, 3.05) is 19.7 Å². The van der Waals surface area contributed by atoms with E-state index in [1.807, 2.05) is 17.0 Å². The van der Waals surface area contributed by atoms with Crippen LogP contribution < -0.4 is 0 Å². The molecular weight excluding hydrogens is 319 g/mol. The minimum absolute atomic E-state index is 0.189. The van der Waals surface area contributed by atoms with Crippen LogP contribution in [-0.4, -0.2) is 52.7 Å². The fraction of sp³-hybridized carbons (Fsp3) is 0.650. The number of hydrogen-bond donors (Lipinski definition) is 1. The zero-order valence-electron chi connectivity index (χ0n) is 14.6. The molecule has 1 aromatic carbocycles. The van der Waals surface area contributed by atoms with Crippen LogP contribution in [0.1, 0.15) is 50.0 Å². The maximum atomic E-state index is 13.2. The lowest BCUT2D eigenvalue weighted by atomic mass is 9.85. The summed E-state index contributed by atoms with van der Waals surface area (Å²) in [4.78, 5) is 17.2. The lowest BCUT2D eigenvalue weighted by Gasteiger charge is -2.43. The topological polar surface area (TPSA) is 43.8 Å². The number of aliphatic hydroxyl groups excluding tert-OH is 1. The molecule has 136 valence electrons. The number of fused-ring (bicyclic) bond motifs is 2. The Morgan fingerprint density at radius 1 is 1.04 bits per heavy atom. The van der Waals surface area contributed by atoms with Crippen molar-refractivity contribution in [3.63, 3.8) is 0 Å². The first kappa shape index (κ1) is 16.8. The van der Waals surface area contributed by atoms with Crippen LogP contribution in [0.15, 0.2) is 24.3 Å². The number of carbonyl (C=O) groups is 1. The molecule has 0 aromatic heterocycles. The first-order valence-corrected chi connectivity index (χ1v) is 9.59. The van der Waals surface area contributed by atoms with Crippen molar-refractivity contribution in [2.45, 2.75) is 56.5 Å². The van der Waals surface area contributed by atoms with E-state index in [9.17, 15) is 14.3 Å². The van der Waals surface area contributed by atoms with Crippen LogP contribution >= 0.6 is 0 Å². The predicted molar refractivity (Wildman–Crippen MR) is 93.8 cm³/mol. The average Bonchev–Trinajstić information content (AvgIpc) is 2.91. The number of rotatable bonds is 2. The van der Waals surface area contributed by atoms with Crippen molar-refractivity contribution in [2.24, 2.45) is 5.92 Å². The van der Waals surface area contributed by atoms with Crippen LogP contribution in [0, 0.1) is 11.7 Å². The monoisotopic (exact) mass is 346 g/mol. The van der Waals surface area contributed by atoms with Gasteiger partial charge in [-0.1, -0.05) is 12.1 Å². The third-order valence-corrected chi connectivity index (χ3v) is 6.44. The number of urea groups is 1. The summed E-state index contributed by atoms with van der Waals surface area (Å²) in [5, 5.41) is 9.28. The van der Waals surface area contributed by atoms with Gasteiger partial charge in [-0.25, -0.2) is 9.18 Å². The minimum Gasteiger partial charge on any atom is -0.396 e. The smallest absolute Gasteiger partial charge is 0.320 e. The molecule has 0 spiro atoms. The van der Waals surface area contributed by atoms with E-state index in [1.165, 1.54) is 5.56 Å². The Kier molecular flexibility index (Phi) is 4.67. The zero-order valence-corrected chi connectivity index (χ0v) is 14.6. The molecule has 1 aromatic rings. The fourth-order valence-electron chi connectivity index (χ4n) is 4.97. The Labute approximate surface area is 148 Å². The number of carbonyl (C=O) groups excluding carboxylic acids is 1. The summed E-state index contributed by atoms with van der Waals surface area (Å²) in [6, 6.07) is 7.71. The Balaban J connectivity index is 1.42. The molecule has 25 heavy (non-hydrogen) atoms. The van der Waals surface area contributed by atoms with E-state index < -0.39 is 0 Å². The highest BCUT2D eigenvalue weighted by Crippen LogP contribution is 2.43. The molecule has 2 amide bonds. The number of aliphatic hydroxyl groups is 1. The number of halogens is 1. The molecule has 1 N–H and O–H groups in total. The summed E-state index contributed by atoms with van der Waals surface area (Å²) < 4.78 is 13.2. The van der Waals surface area contributed by atoms with Gasteiger partial charge in [0.15, 0.2) is 0 Å². The summed E-state index contributed by atoms with van der Waals surface area (Å²) in [6.45, 7) is 1.76. The van der Waals surface area contributed by atoms with E-state index in [0.717, 1.165) is 51.6 Å². The highest BCUT2D eigenvalue weighted by atomic mass is 19.1. The van der Waals surface area contributed by atoms with E-state index in [4.69, 9.17) is 0 Å². The van der Waals surface area contributed by atoms with Gasteiger partial charge in [-0.05, 0) is 68.1 Å². The van der Waals surface area contributed by atoms with E-state index in [0.29, 0.717) is 23.9 Å². The molecule has 3 saturated heterocycles. The molecule has 5 heteroatoms. The molecule has 0 radical (unpaired) electrons. The largest absolute Gasteiger partial charge is 0.396 e. The molecule has 2 bridgehead atoms. The van der Waals surface area contributed by atoms with E-state index in [-0.39, 0.29) is 18.5 Å². The molecule has 4 rings (SSSR count). The maximum Gasteiger partial charge on any atom is 0.320 e. The zero-order chi connectivity index (χ0) is 17.4. The summed E-state index contributed by atoms with van der Waals surface area (Å²) in [5.74, 6) is 0.595. The van der Waals surface area contributed by atoms with Gasteiger partial charge in [0.1, 0.15) is 5.82 Å². The second-order valence-electron chi connectivity index (χ2n) is 7.91. The molecule has 3 aliphatic heterocycles. The first-order chi connectivity index (χ1) is 12.2. The summed E-state index contributed by atoms with van der Waals surface area (Å²) in [7, 11) is 0. The van der Waals surface area contributed by atoms with Crippen molar-refractivity contribution in [1.29, 1.82) is 0 Å². The maximum absolute atomic E-state index is 13.2. The van der Waals surface area contributed by atoms with Crippen molar-refractivity contribution in [3.8, 4) is 0 Å². The normalized spacial score (nSPS) is 29.9. The minimum atomic E-state index is -0.189. The van der Waals surface area contributed by atoms with Crippen LogP contribution in [0.4, 0.5) is 9.18 Å². The first-order valence-electron chi connectivity index (χ1n) is 9.59. The number of benzene rings is 1. The molecule has 3 heterocycles. The summed E-state index contributed by atoms with van der Waals surface area (Å²) in [5.41, 5.74) is 1.20. The number of nitrogens with zero attached hydrogens (tertiary/aromatic N) is 2. The molecule has 3 aliphatic rings. The van der Waals surface area contributed by atoms with Gasteiger partial charge < -0.3 is 14.9 Å². The van der Waals surface area contributed by atoms with Gasteiger partial charge in [0.2, 0.25) is 0 Å². The molecule has 2 atom stereocenters. The van der Waals surface area contributed by atoms with E-state index >= 15 is 0 Å². The lowest BCUT2D eigenvalue weighted by molar-refractivity contribution is 0.0843. The van der Waals surface area contributed by atoms with Crippen molar-refractivity contribution in [3.05, 3.63) is 35.6 Å². The van der Waals surface area contributed by atoms with Crippen molar-refractivity contribution < 1.29 is 14.3 Å². The van der Waals surface area contributed by atoms with E-state index in [2.05, 4.69) is 4.90 Å². The Bertz CT molecular complexity index is 599. The van der Waals surface area contributed by atoms with Gasteiger partial charge in [0.25, 0.3) is 0 Å². The van der Waals surface area contributed by atoms with Crippen molar-refractivity contribution >= 4 is 6.03 Å². The number of hydrogen-bond acceptors (Lipinski definition) is 2. The van der Waals surface area contributed by atoms with Gasteiger partial charge in [-0.3, -0.25) is 0 Å². The second kappa shape index (κ2) is 6.94.